The minimum atomic E-state index is -1.14. The van der Waals surface area contributed by atoms with Gasteiger partial charge in [0.2, 0.25) is 0 Å². The molecule has 7 nitrogen and oxygen atoms in total. The van der Waals surface area contributed by atoms with E-state index in [0.717, 1.165) is 46.9 Å². The highest BCUT2D eigenvalue weighted by molar-refractivity contribution is 8.15. The van der Waals surface area contributed by atoms with Crippen molar-refractivity contribution in [3.05, 3.63) is 42.0 Å². The van der Waals surface area contributed by atoms with E-state index in [4.69, 9.17) is 4.99 Å². The van der Waals surface area contributed by atoms with Crippen molar-refractivity contribution in [2.45, 2.75) is 69.1 Å². The van der Waals surface area contributed by atoms with Crippen molar-refractivity contribution in [2.24, 2.45) is 15.4 Å². The molecule has 0 aromatic heterocycles. The Balaban J connectivity index is 1.49. The first kappa shape index (κ1) is 28.5. The number of aliphatic carboxylic acids is 1. The van der Waals surface area contributed by atoms with Gasteiger partial charge in [-0.05, 0) is 44.9 Å². The summed E-state index contributed by atoms with van der Waals surface area (Å²) in [6, 6.07) is 5.63. The molecule has 0 spiro atoms. The van der Waals surface area contributed by atoms with Crippen LogP contribution in [0.4, 0.5) is 0 Å². The Labute approximate surface area is 232 Å². The van der Waals surface area contributed by atoms with Crippen LogP contribution in [0.25, 0.3) is 0 Å². The van der Waals surface area contributed by atoms with E-state index < -0.39 is 23.0 Å². The van der Waals surface area contributed by atoms with Crippen LogP contribution in [-0.2, 0) is 11.2 Å². The van der Waals surface area contributed by atoms with E-state index in [1.54, 1.807) is 36.5 Å². The lowest BCUT2D eigenvalue weighted by molar-refractivity contribution is -0.141. The standard InChI is InChI=1S/C27H37N3O4S3/c1-6-7-8-10-16-11-9-12-19(31)20(16)22-28-17(13-35-22)23-30(5)18(14-36-23)21(32)26(2,3)24-29-27(4,15-37-24)25(33)34/h6,9,11-12,17-18,21,23,31-32H,1,7-8,10,13-15H2,2-5H3,(H,33,34)/t17-,18+,21-,23-,27-/m1/s1. The average molecular weight is 564 g/mol. The van der Waals surface area contributed by atoms with Crippen LogP contribution in [0.2, 0.25) is 0 Å². The highest BCUT2D eigenvalue weighted by atomic mass is 32.2. The number of phenolic OH excluding ortho intramolecular Hbond substituents is 1. The number of phenols is 1. The number of hydrogen-bond donors (Lipinski definition) is 3. The second kappa shape index (κ2) is 11.3. The average Bonchev–Trinajstić information content (AvgIpc) is 3.58. The molecule has 202 valence electrons. The number of allylic oxidation sites excluding steroid dienone is 1. The maximum atomic E-state index is 11.7. The van der Waals surface area contributed by atoms with E-state index in [9.17, 15) is 20.1 Å². The molecule has 0 aliphatic carbocycles. The Hall–Kier alpha value is -1.46. The zero-order valence-corrected chi connectivity index (χ0v) is 24.3. The number of carbonyl (C=O) groups is 1. The van der Waals surface area contributed by atoms with Gasteiger partial charge in [0.1, 0.15) is 10.8 Å². The quantitative estimate of drug-likeness (QED) is 0.282. The van der Waals surface area contributed by atoms with Gasteiger partial charge in [-0.25, -0.2) is 4.79 Å². The summed E-state index contributed by atoms with van der Waals surface area (Å²) in [5.74, 6) is 1.30. The Kier molecular flexibility index (Phi) is 8.75. The van der Waals surface area contributed by atoms with Gasteiger partial charge in [-0.15, -0.1) is 41.9 Å². The molecule has 3 aliphatic rings. The molecule has 0 unspecified atom stereocenters. The van der Waals surface area contributed by atoms with Gasteiger partial charge in [-0.1, -0.05) is 32.1 Å². The van der Waals surface area contributed by atoms with Crippen molar-refractivity contribution >= 4 is 51.3 Å². The summed E-state index contributed by atoms with van der Waals surface area (Å²) < 4.78 is 0. The predicted octanol–water partition coefficient (Wildman–Crippen LogP) is 4.51. The van der Waals surface area contributed by atoms with E-state index in [-0.39, 0.29) is 23.2 Å². The van der Waals surface area contributed by atoms with Crippen LogP contribution in [0.15, 0.2) is 40.8 Å². The number of carboxylic acid groups (broad SMARTS) is 1. The molecule has 1 aromatic carbocycles. The van der Waals surface area contributed by atoms with E-state index in [1.807, 2.05) is 33.0 Å². The number of nitrogens with zero attached hydrogens (tertiary/aromatic N) is 3. The monoisotopic (exact) mass is 563 g/mol. The van der Waals surface area contributed by atoms with E-state index in [2.05, 4.69) is 22.5 Å². The third-order valence-electron chi connectivity index (χ3n) is 7.52. The number of carboxylic acids is 1. The van der Waals surface area contributed by atoms with Crippen molar-refractivity contribution in [2.75, 3.05) is 24.3 Å². The maximum absolute atomic E-state index is 11.7. The summed E-state index contributed by atoms with van der Waals surface area (Å²) in [4.78, 5) is 23.5. The van der Waals surface area contributed by atoms with Crippen LogP contribution in [0, 0.1) is 5.41 Å². The number of hydrogen-bond acceptors (Lipinski definition) is 9. The summed E-state index contributed by atoms with van der Waals surface area (Å²) in [5, 5.41) is 33.4. The van der Waals surface area contributed by atoms with E-state index >= 15 is 0 Å². The number of benzene rings is 1. The largest absolute Gasteiger partial charge is 0.507 e. The SMILES string of the molecule is C=CCCCc1cccc(O)c1C1=N[C@@H]([C@H]2SC[C@@H]([C@@H](O)C(C)(C)C3=N[C@@](C)(C(=O)O)CS3)N2C)CS1. The van der Waals surface area contributed by atoms with Gasteiger partial charge >= 0.3 is 5.97 Å². The first-order valence-electron chi connectivity index (χ1n) is 12.6. The Bertz CT molecular complexity index is 1110. The van der Waals surface area contributed by atoms with Crippen LogP contribution in [0.5, 0.6) is 5.75 Å². The Morgan fingerprint density at radius 3 is 2.78 bits per heavy atom. The molecule has 5 atom stereocenters. The molecular weight excluding hydrogens is 527 g/mol. The van der Waals surface area contributed by atoms with Gasteiger partial charge in [-0.3, -0.25) is 14.9 Å². The minimum Gasteiger partial charge on any atom is -0.507 e. The minimum absolute atomic E-state index is 0.0458. The second-order valence-corrected chi connectivity index (χ2v) is 13.8. The molecule has 10 heteroatoms. The van der Waals surface area contributed by atoms with Crippen LogP contribution in [0.3, 0.4) is 0 Å². The number of aliphatic imine (C=N–C) groups is 2. The summed E-state index contributed by atoms with van der Waals surface area (Å²) >= 11 is 4.92. The van der Waals surface area contributed by atoms with Gasteiger partial charge in [0, 0.05) is 28.7 Å². The molecule has 3 heterocycles. The highest BCUT2D eigenvalue weighted by Crippen LogP contribution is 2.44. The Morgan fingerprint density at radius 1 is 1.35 bits per heavy atom. The van der Waals surface area contributed by atoms with Crippen molar-refractivity contribution in [1.29, 1.82) is 0 Å². The molecule has 4 rings (SSSR count). The molecule has 0 bridgehead atoms. The lowest BCUT2D eigenvalue weighted by Gasteiger charge is -2.38. The molecule has 3 N–H and O–H groups in total. The lowest BCUT2D eigenvalue weighted by Crippen LogP contribution is -2.51. The maximum Gasteiger partial charge on any atom is 0.332 e. The third-order valence-corrected chi connectivity index (χ3v) is 11.7. The lowest BCUT2D eigenvalue weighted by atomic mass is 9.83. The van der Waals surface area contributed by atoms with Crippen LogP contribution >= 0.6 is 35.3 Å². The normalized spacial score (nSPS) is 29.3. The fourth-order valence-electron chi connectivity index (χ4n) is 5.01. The fourth-order valence-corrected chi connectivity index (χ4v) is 9.26. The first-order chi connectivity index (χ1) is 17.5. The predicted molar refractivity (Wildman–Crippen MR) is 158 cm³/mol. The molecule has 3 aliphatic heterocycles. The van der Waals surface area contributed by atoms with E-state index in [0.29, 0.717) is 10.8 Å². The molecule has 0 amide bonds. The molecule has 0 saturated carbocycles. The summed E-state index contributed by atoms with van der Waals surface area (Å²) in [5.41, 5.74) is 0.149. The molecule has 1 fully saturated rings. The zero-order chi connectivity index (χ0) is 27.0. The van der Waals surface area contributed by atoms with Gasteiger partial charge in [0.25, 0.3) is 0 Å². The molecule has 0 radical (unpaired) electrons. The van der Waals surface area contributed by atoms with Gasteiger partial charge < -0.3 is 15.3 Å². The Morgan fingerprint density at radius 2 is 2.11 bits per heavy atom. The van der Waals surface area contributed by atoms with Crippen molar-refractivity contribution < 1.29 is 20.1 Å². The van der Waals surface area contributed by atoms with Crippen molar-refractivity contribution in [3.8, 4) is 5.75 Å². The van der Waals surface area contributed by atoms with Gasteiger partial charge in [0.15, 0.2) is 5.54 Å². The number of aromatic hydroxyl groups is 1. The first-order valence-corrected chi connectivity index (χ1v) is 15.6. The van der Waals surface area contributed by atoms with Crippen molar-refractivity contribution in [1.82, 2.24) is 4.90 Å². The number of rotatable bonds is 10. The highest BCUT2D eigenvalue weighted by Gasteiger charge is 2.50. The van der Waals surface area contributed by atoms with E-state index in [1.165, 1.54) is 11.8 Å². The number of thioether (sulfide) groups is 3. The number of likely N-dealkylation sites (N-methyl/N-ethyl adjacent to an activating group) is 1. The number of aliphatic hydroxyl groups is 1. The summed E-state index contributed by atoms with van der Waals surface area (Å²) in [7, 11) is 2.04. The molecular formula is C27H37N3O4S3. The van der Waals surface area contributed by atoms with Crippen LogP contribution in [-0.4, -0.2) is 89.7 Å². The smallest absolute Gasteiger partial charge is 0.332 e. The van der Waals surface area contributed by atoms with Crippen molar-refractivity contribution in [3.63, 3.8) is 0 Å². The fraction of sp³-hybridized carbons (Fsp3) is 0.593. The van der Waals surface area contributed by atoms with Crippen LogP contribution < -0.4 is 0 Å². The van der Waals surface area contributed by atoms with Crippen LogP contribution in [0.1, 0.15) is 44.7 Å². The second-order valence-electron chi connectivity index (χ2n) is 10.7. The summed E-state index contributed by atoms with van der Waals surface area (Å²) in [6.45, 7) is 9.35. The number of aryl methyl sites for hydroxylation is 1. The summed E-state index contributed by atoms with van der Waals surface area (Å²) in [6.07, 6.45) is 3.99. The third kappa shape index (κ3) is 5.64. The molecule has 1 aromatic rings. The topological polar surface area (TPSA) is 106 Å². The zero-order valence-electron chi connectivity index (χ0n) is 21.9. The van der Waals surface area contributed by atoms with Gasteiger partial charge in [-0.2, -0.15) is 0 Å². The van der Waals surface area contributed by atoms with Gasteiger partial charge in [0.05, 0.1) is 28.1 Å². The number of unbranched alkanes of at least 4 members (excludes halogenated alkanes) is 1. The molecule has 37 heavy (non-hydrogen) atoms. The number of aliphatic hydroxyl groups excluding tert-OH is 1. The molecule has 1 saturated heterocycles.